The first-order chi connectivity index (χ1) is 20.0. The molecule has 17 atom stereocenters. The van der Waals surface area contributed by atoms with E-state index in [0.29, 0.717) is 25.8 Å². The van der Waals surface area contributed by atoms with Crippen molar-refractivity contribution in [2.24, 2.45) is 34.6 Å². The van der Waals surface area contributed by atoms with Gasteiger partial charge in [0.05, 0.1) is 55.9 Å². The van der Waals surface area contributed by atoms with Crippen molar-refractivity contribution < 1.29 is 49.2 Å². The highest BCUT2D eigenvalue weighted by Gasteiger charge is 2.54. The van der Waals surface area contributed by atoms with Gasteiger partial charge < -0.3 is 83.2 Å². The number of ether oxygens (including phenoxy) is 5. The maximum Gasteiger partial charge on any atom is 0.187 e. The molecular formula is C26H52N6O10. The summed E-state index contributed by atoms with van der Waals surface area (Å²) in [6.07, 6.45) is -8.71. The van der Waals surface area contributed by atoms with Crippen LogP contribution in [0.3, 0.4) is 0 Å². The molecule has 4 rings (SSSR count). The summed E-state index contributed by atoms with van der Waals surface area (Å²) in [7, 11) is 0. The fourth-order valence-corrected chi connectivity index (χ4v) is 6.65. The van der Waals surface area contributed by atoms with E-state index in [2.05, 4.69) is 5.32 Å². The SMILES string of the molecule is C[C@H](NCCO)[C@@H]1CC[C@@H](N)C([C@H]2[C@H](O[C@@H]3O[C@H](CO)[C@@H](O[C@H]4O[C@@H](CN)C[C@H](O)[C@H]4N)[C@H]3O)[C@@H](O)[C@H](N)C[C@@H]2N)O1. The minimum absolute atomic E-state index is 0.0102. The number of nitrogens with one attached hydrogen (secondary N) is 1. The molecule has 4 aliphatic rings. The van der Waals surface area contributed by atoms with Crippen LogP contribution in [-0.4, -0.2) is 150 Å². The molecule has 4 fully saturated rings. The van der Waals surface area contributed by atoms with Gasteiger partial charge >= 0.3 is 0 Å². The van der Waals surface area contributed by atoms with E-state index < -0.39 is 98.1 Å². The molecule has 16 nitrogen and oxygen atoms in total. The molecular weight excluding hydrogens is 556 g/mol. The number of nitrogens with two attached hydrogens (primary N) is 5. The fraction of sp³-hybridized carbons (Fsp3) is 1.00. The molecule has 42 heavy (non-hydrogen) atoms. The van der Waals surface area contributed by atoms with E-state index in [1.54, 1.807) is 0 Å². The Hall–Kier alpha value is -0.640. The molecule has 3 saturated heterocycles. The van der Waals surface area contributed by atoms with Gasteiger partial charge in [-0.05, 0) is 26.2 Å². The standard InChI is InChI=1S/C26H52N6O10/c1-10(32-4-5-33)16-3-2-12(28)22(39-16)18-13(29)7-14(30)20(36)24(18)42-26-21(37)23(17(9-34)40-26)41-25-19(31)15(35)6-11(8-27)38-25/h10-26,32-37H,2-9,27-31H2,1H3/t10-,11+,12+,13-,14+,15-,16-,17+,18-,19+,20-,21+,22?,23+,24-,25+,26-/m0/s1. The van der Waals surface area contributed by atoms with E-state index in [-0.39, 0.29) is 31.7 Å². The lowest BCUT2D eigenvalue weighted by atomic mass is 9.72. The van der Waals surface area contributed by atoms with Crippen molar-refractivity contribution in [2.45, 2.75) is 130 Å². The highest BCUT2D eigenvalue weighted by atomic mass is 16.7. The Balaban J connectivity index is 1.51. The third-order valence-electron chi connectivity index (χ3n) is 9.15. The summed E-state index contributed by atoms with van der Waals surface area (Å²) < 4.78 is 30.3. The molecule has 0 amide bonds. The van der Waals surface area contributed by atoms with Crippen LogP contribution in [0, 0.1) is 5.92 Å². The lowest BCUT2D eigenvalue weighted by Gasteiger charge is -2.50. The largest absolute Gasteiger partial charge is 0.395 e. The lowest BCUT2D eigenvalue weighted by Crippen LogP contribution is -2.67. The van der Waals surface area contributed by atoms with Crippen LogP contribution >= 0.6 is 0 Å². The predicted molar refractivity (Wildman–Crippen MR) is 148 cm³/mol. The summed E-state index contributed by atoms with van der Waals surface area (Å²) >= 11 is 0. The summed E-state index contributed by atoms with van der Waals surface area (Å²) in [5.41, 5.74) is 31.2. The number of aliphatic hydroxyl groups excluding tert-OH is 5. The molecule has 0 spiro atoms. The maximum absolute atomic E-state index is 11.3. The van der Waals surface area contributed by atoms with Crippen LogP contribution in [0.5, 0.6) is 0 Å². The normalized spacial score (nSPS) is 49.2. The third kappa shape index (κ3) is 7.42. The minimum Gasteiger partial charge on any atom is -0.395 e. The van der Waals surface area contributed by atoms with Gasteiger partial charge in [0.2, 0.25) is 0 Å². The van der Waals surface area contributed by atoms with Gasteiger partial charge in [-0.3, -0.25) is 0 Å². The van der Waals surface area contributed by atoms with Crippen molar-refractivity contribution in [3.8, 4) is 0 Å². The van der Waals surface area contributed by atoms with Crippen molar-refractivity contribution >= 4 is 0 Å². The molecule has 0 aromatic carbocycles. The zero-order valence-electron chi connectivity index (χ0n) is 24.1. The van der Waals surface area contributed by atoms with Gasteiger partial charge in [-0.25, -0.2) is 0 Å². The lowest BCUT2D eigenvalue weighted by molar-refractivity contribution is -0.257. The predicted octanol–water partition coefficient (Wildman–Crippen LogP) is -5.52. The molecule has 16 N–H and O–H groups in total. The zero-order valence-corrected chi connectivity index (χ0v) is 24.1. The monoisotopic (exact) mass is 608 g/mol. The molecule has 0 aromatic heterocycles. The fourth-order valence-electron chi connectivity index (χ4n) is 6.65. The number of hydrogen-bond acceptors (Lipinski definition) is 16. The van der Waals surface area contributed by atoms with Gasteiger partial charge in [-0.2, -0.15) is 0 Å². The van der Waals surface area contributed by atoms with E-state index in [4.69, 9.17) is 52.4 Å². The summed E-state index contributed by atoms with van der Waals surface area (Å²) in [6, 6.07) is -2.67. The van der Waals surface area contributed by atoms with Crippen LogP contribution in [0.4, 0.5) is 0 Å². The van der Waals surface area contributed by atoms with Crippen LogP contribution in [0.25, 0.3) is 0 Å². The van der Waals surface area contributed by atoms with Gasteiger partial charge in [0.25, 0.3) is 0 Å². The van der Waals surface area contributed by atoms with E-state index in [1.165, 1.54) is 0 Å². The second-order valence-corrected chi connectivity index (χ2v) is 12.1. The van der Waals surface area contributed by atoms with Crippen LogP contribution in [0.1, 0.15) is 32.6 Å². The topological polar surface area (TPSA) is 289 Å². The van der Waals surface area contributed by atoms with E-state index in [9.17, 15) is 25.5 Å². The highest BCUT2D eigenvalue weighted by Crippen LogP contribution is 2.38. The molecule has 0 bridgehead atoms. The van der Waals surface area contributed by atoms with Crippen molar-refractivity contribution in [3.05, 3.63) is 0 Å². The molecule has 246 valence electrons. The van der Waals surface area contributed by atoms with Gasteiger partial charge in [-0.15, -0.1) is 0 Å². The Labute approximate surface area is 246 Å². The number of rotatable bonds is 11. The summed E-state index contributed by atoms with van der Waals surface area (Å²) in [4.78, 5) is 0. The van der Waals surface area contributed by atoms with Gasteiger partial charge in [-0.1, -0.05) is 0 Å². The first-order valence-corrected chi connectivity index (χ1v) is 15.0. The molecule has 3 heterocycles. The zero-order chi connectivity index (χ0) is 30.7. The molecule has 16 heteroatoms. The van der Waals surface area contributed by atoms with Crippen LogP contribution < -0.4 is 34.0 Å². The smallest absolute Gasteiger partial charge is 0.187 e. The second kappa shape index (κ2) is 15.1. The molecule has 0 radical (unpaired) electrons. The molecule has 1 unspecified atom stereocenters. The Morgan fingerprint density at radius 2 is 1.57 bits per heavy atom. The van der Waals surface area contributed by atoms with Crippen molar-refractivity contribution in [1.29, 1.82) is 0 Å². The van der Waals surface area contributed by atoms with Crippen molar-refractivity contribution in [3.63, 3.8) is 0 Å². The Morgan fingerprint density at radius 1 is 0.857 bits per heavy atom. The quantitative estimate of drug-likeness (QED) is 0.104. The van der Waals surface area contributed by atoms with Crippen LogP contribution in [-0.2, 0) is 23.7 Å². The molecule has 1 saturated carbocycles. The van der Waals surface area contributed by atoms with Crippen molar-refractivity contribution in [2.75, 3.05) is 26.3 Å². The summed E-state index contributed by atoms with van der Waals surface area (Å²) in [5, 5.41) is 55.3. The summed E-state index contributed by atoms with van der Waals surface area (Å²) in [6.45, 7) is 1.96. The second-order valence-electron chi connectivity index (χ2n) is 12.1. The van der Waals surface area contributed by atoms with Crippen LogP contribution in [0.15, 0.2) is 0 Å². The van der Waals surface area contributed by atoms with E-state index in [0.717, 1.165) is 0 Å². The summed E-state index contributed by atoms with van der Waals surface area (Å²) in [5.74, 6) is -0.610. The van der Waals surface area contributed by atoms with E-state index in [1.807, 2.05) is 6.92 Å². The van der Waals surface area contributed by atoms with Gasteiger partial charge in [0.15, 0.2) is 12.6 Å². The Kier molecular flexibility index (Phi) is 12.3. The number of hydrogen-bond donors (Lipinski definition) is 11. The molecule has 0 aromatic rings. The number of aliphatic hydroxyl groups is 5. The van der Waals surface area contributed by atoms with Gasteiger partial charge in [0, 0.05) is 49.6 Å². The highest BCUT2D eigenvalue weighted by molar-refractivity contribution is 5.05. The first-order valence-electron chi connectivity index (χ1n) is 15.0. The minimum atomic E-state index is -1.44. The van der Waals surface area contributed by atoms with Gasteiger partial charge in [0.1, 0.15) is 18.3 Å². The first kappa shape index (κ1) is 34.2. The van der Waals surface area contributed by atoms with Crippen LogP contribution in [0.2, 0.25) is 0 Å². The Morgan fingerprint density at radius 3 is 2.24 bits per heavy atom. The Bertz CT molecular complexity index is 838. The molecule has 3 aliphatic heterocycles. The molecule has 1 aliphatic carbocycles. The third-order valence-corrected chi connectivity index (χ3v) is 9.15. The van der Waals surface area contributed by atoms with E-state index >= 15 is 0 Å². The maximum atomic E-state index is 11.3. The average Bonchev–Trinajstić information content (AvgIpc) is 3.26. The average molecular weight is 609 g/mol. The van der Waals surface area contributed by atoms with Crippen molar-refractivity contribution in [1.82, 2.24) is 5.32 Å².